The van der Waals surface area contributed by atoms with Crippen molar-refractivity contribution < 1.29 is 38.6 Å². The first-order valence-electron chi connectivity index (χ1n) is 21.5. The van der Waals surface area contributed by atoms with E-state index in [4.69, 9.17) is 50.1 Å². The Kier molecular flexibility index (Phi) is 15.9. The molecule has 2 aromatic carbocycles. The lowest BCUT2D eigenvalue weighted by Gasteiger charge is -2.23. The van der Waals surface area contributed by atoms with Crippen molar-refractivity contribution in [2.45, 2.75) is 37.8 Å². The van der Waals surface area contributed by atoms with Crippen molar-refractivity contribution in [1.82, 2.24) is 54.3 Å². The molecule has 25 heteroatoms. The second kappa shape index (κ2) is 22.5. The first kappa shape index (κ1) is 48.6. The van der Waals surface area contributed by atoms with Crippen molar-refractivity contribution in [2.24, 2.45) is 0 Å². The Morgan fingerprint density at radius 2 is 1.17 bits per heavy atom. The Bertz CT molecular complexity index is 2930. The summed E-state index contributed by atoms with van der Waals surface area (Å²) < 4.78 is 36.2. The van der Waals surface area contributed by atoms with Gasteiger partial charge in [0.2, 0.25) is 22.7 Å². The van der Waals surface area contributed by atoms with Gasteiger partial charge in [-0.2, -0.15) is 15.0 Å². The fourth-order valence-electron chi connectivity index (χ4n) is 7.72. The largest absolute Gasteiger partial charge is 0.493 e. The Labute approximate surface area is 409 Å². The van der Waals surface area contributed by atoms with Crippen LogP contribution in [0.2, 0.25) is 5.28 Å². The number of benzene rings is 2. The number of fused-ring (bicyclic) bond motifs is 2. The molecular weight excluding hydrogens is 952 g/mol. The number of aliphatic hydroxyl groups excluding tert-OH is 2. The molecule has 8 aromatic rings. The van der Waals surface area contributed by atoms with E-state index in [1.807, 2.05) is 39.6 Å². The second-order valence-corrected chi connectivity index (χ2v) is 17.2. The number of aliphatic hydroxyl groups is 2. The average molecular weight is 1000 g/mol. The fourth-order valence-corrected chi connectivity index (χ4v) is 9.25. The zero-order valence-electron chi connectivity index (χ0n) is 38.5. The molecule has 2 aliphatic rings. The van der Waals surface area contributed by atoms with Crippen molar-refractivity contribution in [3.8, 4) is 45.9 Å². The number of thiazole rings is 2. The molecule has 0 radical (unpaired) electrons. The van der Waals surface area contributed by atoms with Crippen LogP contribution in [0.4, 0.5) is 29.2 Å². The number of hydrogen-bond acceptors (Lipinski definition) is 22. The number of hydrogen-bond donors (Lipinski definition) is 5. The van der Waals surface area contributed by atoms with Crippen LogP contribution in [0, 0.1) is 0 Å². The highest BCUT2D eigenvalue weighted by molar-refractivity contribution is 7.16. The molecule has 69 heavy (non-hydrogen) atoms. The van der Waals surface area contributed by atoms with Gasteiger partial charge in [0.15, 0.2) is 44.3 Å². The fraction of sp³-hybridized carbons (Fsp3) is 0.364. The molecular formula is C44H51ClN14O8S2. The minimum atomic E-state index is 0.0254. The van der Waals surface area contributed by atoms with E-state index < -0.39 is 0 Å². The third-order valence-corrected chi connectivity index (χ3v) is 12.7. The second-order valence-electron chi connectivity index (χ2n) is 15.2. The van der Waals surface area contributed by atoms with Gasteiger partial charge in [-0.15, -0.1) is 22.7 Å². The molecule has 2 saturated heterocycles. The van der Waals surface area contributed by atoms with E-state index in [0.717, 1.165) is 48.6 Å². The first-order chi connectivity index (χ1) is 33.7. The summed E-state index contributed by atoms with van der Waals surface area (Å²) in [6, 6.07) is 7.77. The number of anilines is 5. The number of aromatic nitrogens is 10. The Balaban J connectivity index is 0.000000165. The summed E-state index contributed by atoms with van der Waals surface area (Å²) in [6.45, 7) is 2.28. The molecule has 0 saturated carbocycles. The summed E-state index contributed by atoms with van der Waals surface area (Å²) in [7, 11) is 9.43. The van der Waals surface area contributed by atoms with Gasteiger partial charge in [0.1, 0.15) is 35.3 Å². The average Bonchev–Trinajstić information content (AvgIpc) is 4.24. The van der Waals surface area contributed by atoms with Crippen molar-refractivity contribution in [1.29, 1.82) is 0 Å². The third kappa shape index (κ3) is 10.9. The van der Waals surface area contributed by atoms with Crippen molar-refractivity contribution in [3.05, 3.63) is 65.6 Å². The lowest BCUT2D eigenvalue weighted by molar-refractivity contribution is 0.255. The van der Waals surface area contributed by atoms with Crippen molar-refractivity contribution >= 4 is 84.2 Å². The molecule has 2 fully saturated rings. The van der Waals surface area contributed by atoms with Crippen LogP contribution in [0.5, 0.6) is 34.5 Å². The summed E-state index contributed by atoms with van der Waals surface area (Å²) in [6.07, 6.45) is 11.3. The summed E-state index contributed by atoms with van der Waals surface area (Å²) in [5.41, 5.74) is 6.33. The van der Waals surface area contributed by atoms with Gasteiger partial charge in [-0.1, -0.05) is 0 Å². The van der Waals surface area contributed by atoms with Gasteiger partial charge in [-0.25, -0.2) is 24.9 Å². The highest BCUT2D eigenvalue weighted by atomic mass is 35.5. The number of methoxy groups -OCH3 is 6. The third-order valence-electron chi connectivity index (χ3n) is 11.1. The first-order valence-corrected chi connectivity index (χ1v) is 23.7. The number of ether oxygens (including phenoxy) is 6. The van der Waals surface area contributed by atoms with E-state index in [-0.39, 0.29) is 17.9 Å². The van der Waals surface area contributed by atoms with Gasteiger partial charge in [0.25, 0.3) is 0 Å². The van der Waals surface area contributed by atoms with E-state index in [9.17, 15) is 5.11 Å². The molecule has 0 unspecified atom stereocenters. The number of nitrogens with zero attached hydrogens (tertiary/aromatic N) is 11. The normalized spacial score (nSPS) is 15.3. The maximum absolute atomic E-state index is 9.73. The Hall–Kier alpha value is -6.83. The molecule has 2 aliphatic heterocycles. The molecule has 0 bridgehead atoms. The van der Waals surface area contributed by atoms with Gasteiger partial charge in [-0.3, -0.25) is 0 Å². The van der Waals surface area contributed by atoms with Gasteiger partial charge in [0.05, 0.1) is 96.7 Å². The van der Waals surface area contributed by atoms with E-state index in [2.05, 4.69) is 55.7 Å². The summed E-state index contributed by atoms with van der Waals surface area (Å²) in [4.78, 5) is 38.9. The number of imidazole rings is 2. The number of rotatable bonds is 15. The smallest absolute Gasteiger partial charge is 0.229 e. The van der Waals surface area contributed by atoms with Gasteiger partial charge in [0, 0.05) is 36.9 Å². The van der Waals surface area contributed by atoms with Crippen LogP contribution in [0.15, 0.2) is 60.3 Å². The SMILES string of the molecule is COc1cc(-n2cnc(Nc3nc(Cl)nc4scnc34)c2)cc(OC)c1OC.COc1cc(-n2cnc(Nc3nc(N4CCC[C@H]4CO)nc4scnc34)c2)cc(OC)c1OC.OC[C@@H]1CCCN1. The summed E-state index contributed by atoms with van der Waals surface area (Å²) in [5.74, 6) is 6.04. The molecule has 5 N–H and O–H groups in total. The van der Waals surface area contributed by atoms with E-state index in [0.29, 0.717) is 92.2 Å². The zero-order chi connectivity index (χ0) is 48.4. The van der Waals surface area contributed by atoms with Gasteiger partial charge < -0.3 is 68.6 Å². The van der Waals surface area contributed by atoms with Crippen LogP contribution in [0.1, 0.15) is 25.7 Å². The van der Waals surface area contributed by atoms with Crippen LogP contribution in [-0.2, 0) is 0 Å². The molecule has 8 heterocycles. The standard InChI is InChI=1S/C22H25N7O4S.C17H15ClN6O3S.C5H11NO/c1-31-15-7-14(8-16(32-2)19(15)33-3)28-9-17(23-11-28)25-20-18-21(34-12-24-18)27-22(26-20)29-6-4-5-13(29)10-30;1-25-10-4-9(5-11(26-2)14(10)27-3)24-6-12(19-7-24)21-15-13-16(28-8-20-13)23-17(18)22-15;7-4-5-2-1-3-6-5/h7-9,11-13,30H,4-6,10H2,1-3H3,(H,25,26,27);4-8H,1-3H3,(H,21,22,23);5-7H,1-4H2/t13-;;5-/m0.0/s1. The molecule has 364 valence electrons. The van der Waals surface area contributed by atoms with Crippen LogP contribution >= 0.6 is 34.3 Å². The lowest BCUT2D eigenvalue weighted by atomic mass is 10.2. The van der Waals surface area contributed by atoms with Crippen LogP contribution in [0.3, 0.4) is 0 Å². The minimum Gasteiger partial charge on any atom is -0.493 e. The van der Waals surface area contributed by atoms with Gasteiger partial charge in [-0.05, 0) is 43.8 Å². The van der Waals surface area contributed by atoms with E-state index >= 15 is 0 Å². The predicted molar refractivity (Wildman–Crippen MR) is 264 cm³/mol. The van der Waals surface area contributed by atoms with Gasteiger partial charge >= 0.3 is 0 Å². The van der Waals surface area contributed by atoms with E-state index in [1.165, 1.54) is 29.1 Å². The molecule has 0 amide bonds. The predicted octanol–water partition coefficient (Wildman–Crippen LogP) is 6.43. The topological polar surface area (TPSA) is 248 Å². The molecule has 6 aromatic heterocycles. The zero-order valence-corrected chi connectivity index (χ0v) is 40.9. The molecule has 0 aliphatic carbocycles. The molecule has 2 atom stereocenters. The summed E-state index contributed by atoms with van der Waals surface area (Å²) in [5, 5.41) is 28.0. The van der Waals surface area contributed by atoms with Crippen LogP contribution in [-0.4, -0.2) is 140 Å². The van der Waals surface area contributed by atoms with Crippen LogP contribution in [0.25, 0.3) is 32.1 Å². The monoisotopic (exact) mass is 1000 g/mol. The quantitative estimate of drug-likeness (QED) is 0.0695. The van der Waals surface area contributed by atoms with E-state index in [1.54, 1.807) is 72.5 Å². The highest BCUT2D eigenvalue weighted by Gasteiger charge is 2.28. The molecule has 22 nitrogen and oxygen atoms in total. The van der Waals surface area contributed by atoms with Crippen molar-refractivity contribution in [3.63, 3.8) is 0 Å². The molecule has 0 spiro atoms. The maximum atomic E-state index is 9.73. The summed E-state index contributed by atoms with van der Waals surface area (Å²) >= 11 is 8.83. The number of nitrogens with one attached hydrogen (secondary N) is 3. The minimum absolute atomic E-state index is 0.0254. The van der Waals surface area contributed by atoms with Crippen LogP contribution < -0.4 is 49.3 Å². The number of halogens is 1. The Morgan fingerprint density at radius 3 is 1.62 bits per heavy atom. The van der Waals surface area contributed by atoms with Crippen molar-refractivity contribution in [2.75, 3.05) is 84.5 Å². The maximum Gasteiger partial charge on any atom is 0.229 e. The molecule has 10 rings (SSSR count). The highest BCUT2D eigenvalue weighted by Crippen LogP contribution is 2.41. The lowest BCUT2D eigenvalue weighted by Crippen LogP contribution is -2.33. The Morgan fingerprint density at radius 1 is 0.652 bits per heavy atom.